The lowest BCUT2D eigenvalue weighted by Crippen LogP contribution is -2.52. The lowest BCUT2D eigenvalue weighted by atomic mass is 10.1. The van der Waals surface area contributed by atoms with Gasteiger partial charge in [0.2, 0.25) is 5.91 Å². The Balaban J connectivity index is 1.81. The highest BCUT2D eigenvalue weighted by atomic mass is 16.2. The number of hydrogen-bond acceptors (Lipinski definition) is 3. The van der Waals surface area contributed by atoms with Crippen molar-refractivity contribution in [1.29, 1.82) is 0 Å². The predicted molar refractivity (Wildman–Crippen MR) is 64.3 cm³/mol. The van der Waals surface area contributed by atoms with Gasteiger partial charge in [0.15, 0.2) is 0 Å². The summed E-state index contributed by atoms with van der Waals surface area (Å²) < 4.78 is 0. The molecule has 0 aromatic heterocycles. The average molecular weight is 225 g/mol. The zero-order chi connectivity index (χ0) is 11.5. The van der Waals surface area contributed by atoms with Gasteiger partial charge in [-0.05, 0) is 26.8 Å². The second-order valence-electron chi connectivity index (χ2n) is 5.14. The van der Waals surface area contributed by atoms with Crippen LogP contribution < -0.4 is 5.32 Å². The van der Waals surface area contributed by atoms with Gasteiger partial charge in [0.25, 0.3) is 0 Å². The number of carbonyl (C=O) groups is 1. The fourth-order valence-electron chi connectivity index (χ4n) is 2.58. The van der Waals surface area contributed by atoms with Crippen molar-refractivity contribution in [2.75, 3.05) is 39.3 Å². The molecule has 2 aliphatic rings. The fourth-order valence-corrected chi connectivity index (χ4v) is 2.58. The summed E-state index contributed by atoms with van der Waals surface area (Å²) in [6, 6.07) is 0.602. The number of nitrogens with zero attached hydrogens (tertiary/aromatic N) is 2. The van der Waals surface area contributed by atoms with E-state index >= 15 is 0 Å². The Morgan fingerprint density at radius 3 is 2.44 bits per heavy atom. The molecule has 1 atom stereocenters. The summed E-state index contributed by atoms with van der Waals surface area (Å²) in [5, 5.41) is 3.26. The van der Waals surface area contributed by atoms with Crippen molar-refractivity contribution in [3.63, 3.8) is 0 Å². The van der Waals surface area contributed by atoms with Gasteiger partial charge in [-0.1, -0.05) is 0 Å². The first kappa shape index (κ1) is 11.9. The molecule has 2 fully saturated rings. The van der Waals surface area contributed by atoms with Crippen molar-refractivity contribution in [3.05, 3.63) is 0 Å². The van der Waals surface area contributed by atoms with Gasteiger partial charge >= 0.3 is 0 Å². The van der Waals surface area contributed by atoms with Gasteiger partial charge in [-0.15, -0.1) is 0 Å². The molecule has 2 heterocycles. The SMILES string of the molecule is CC(C)N1CCN(C(=O)C2CCNC2)CC1. The van der Waals surface area contributed by atoms with E-state index in [0.717, 1.165) is 45.7 Å². The van der Waals surface area contributed by atoms with Crippen LogP contribution in [-0.2, 0) is 4.79 Å². The number of piperazine rings is 1. The van der Waals surface area contributed by atoms with Crippen LogP contribution in [0.4, 0.5) is 0 Å². The highest BCUT2D eigenvalue weighted by molar-refractivity contribution is 5.79. The van der Waals surface area contributed by atoms with E-state index in [2.05, 4.69) is 29.0 Å². The van der Waals surface area contributed by atoms with Crippen molar-refractivity contribution in [3.8, 4) is 0 Å². The van der Waals surface area contributed by atoms with E-state index in [-0.39, 0.29) is 5.92 Å². The quantitative estimate of drug-likeness (QED) is 0.726. The minimum absolute atomic E-state index is 0.241. The molecule has 0 spiro atoms. The minimum Gasteiger partial charge on any atom is -0.340 e. The Kier molecular flexibility index (Phi) is 3.82. The number of hydrogen-bond donors (Lipinski definition) is 1. The maximum atomic E-state index is 12.1. The fraction of sp³-hybridized carbons (Fsp3) is 0.917. The minimum atomic E-state index is 0.241. The molecule has 4 nitrogen and oxygen atoms in total. The third kappa shape index (κ3) is 2.55. The van der Waals surface area contributed by atoms with Gasteiger partial charge in [0.1, 0.15) is 0 Å². The number of rotatable bonds is 2. The number of carbonyl (C=O) groups excluding carboxylic acids is 1. The van der Waals surface area contributed by atoms with Crippen molar-refractivity contribution in [2.45, 2.75) is 26.3 Å². The monoisotopic (exact) mass is 225 g/mol. The van der Waals surface area contributed by atoms with Crippen molar-refractivity contribution in [1.82, 2.24) is 15.1 Å². The van der Waals surface area contributed by atoms with Gasteiger partial charge in [0, 0.05) is 38.8 Å². The molecular formula is C12H23N3O. The lowest BCUT2D eigenvalue weighted by molar-refractivity contribution is -0.136. The van der Waals surface area contributed by atoms with Gasteiger partial charge in [0.05, 0.1) is 5.92 Å². The molecule has 0 aromatic carbocycles. The van der Waals surface area contributed by atoms with E-state index < -0.39 is 0 Å². The van der Waals surface area contributed by atoms with Crippen LogP contribution in [0.2, 0.25) is 0 Å². The molecule has 92 valence electrons. The predicted octanol–water partition coefficient (Wildman–Crippen LogP) is 0.149. The van der Waals surface area contributed by atoms with Crippen LogP contribution in [0.25, 0.3) is 0 Å². The highest BCUT2D eigenvalue weighted by Crippen LogP contribution is 2.14. The standard InChI is InChI=1S/C12H23N3O/c1-10(2)14-5-7-15(8-6-14)12(16)11-3-4-13-9-11/h10-11,13H,3-9H2,1-2H3. The van der Waals surface area contributed by atoms with Gasteiger partial charge in [-0.25, -0.2) is 0 Å². The molecule has 0 saturated carbocycles. The molecule has 1 N–H and O–H groups in total. The normalized spacial score (nSPS) is 27.7. The molecule has 0 aromatic rings. The summed E-state index contributed by atoms with van der Waals surface area (Å²) in [4.78, 5) is 16.6. The Morgan fingerprint density at radius 2 is 1.94 bits per heavy atom. The van der Waals surface area contributed by atoms with E-state index in [1.54, 1.807) is 0 Å². The zero-order valence-corrected chi connectivity index (χ0v) is 10.4. The van der Waals surface area contributed by atoms with Crippen molar-refractivity contribution in [2.24, 2.45) is 5.92 Å². The van der Waals surface area contributed by atoms with Crippen LogP contribution in [0, 0.1) is 5.92 Å². The first-order valence-corrected chi connectivity index (χ1v) is 6.42. The Labute approximate surface area is 98.0 Å². The number of nitrogens with one attached hydrogen (secondary N) is 1. The molecule has 2 aliphatic heterocycles. The summed E-state index contributed by atoms with van der Waals surface area (Å²) in [7, 11) is 0. The lowest BCUT2D eigenvalue weighted by Gasteiger charge is -2.37. The Hall–Kier alpha value is -0.610. The highest BCUT2D eigenvalue weighted by Gasteiger charge is 2.29. The summed E-state index contributed by atoms with van der Waals surface area (Å²) in [6.07, 6.45) is 1.02. The first-order chi connectivity index (χ1) is 7.68. The molecule has 1 unspecified atom stereocenters. The molecule has 0 bridgehead atoms. The molecule has 0 aliphatic carbocycles. The Bertz CT molecular complexity index is 241. The molecule has 2 saturated heterocycles. The maximum absolute atomic E-state index is 12.1. The van der Waals surface area contributed by atoms with Crippen LogP contribution in [-0.4, -0.2) is 61.0 Å². The van der Waals surface area contributed by atoms with Crippen molar-refractivity contribution < 1.29 is 4.79 Å². The largest absolute Gasteiger partial charge is 0.340 e. The van der Waals surface area contributed by atoms with Crippen LogP contribution in [0.3, 0.4) is 0 Å². The van der Waals surface area contributed by atoms with E-state index in [0.29, 0.717) is 11.9 Å². The molecule has 4 heteroatoms. The summed E-state index contributed by atoms with van der Waals surface area (Å²) in [6.45, 7) is 10.2. The third-order valence-electron chi connectivity index (χ3n) is 3.77. The maximum Gasteiger partial charge on any atom is 0.227 e. The molecule has 2 rings (SSSR count). The van der Waals surface area contributed by atoms with Gasteiger partial charge in [-0.3, -0.25) is 9.69 Å². The second-order valence-corrected chi connectivity index (χ2v) is 5.14. The van der Waals surface area contributed by atoms with Gasteiger partial charge in [-0.2, -0.15) is 0 Å². The van der Waals surface area contributed by atoms with Crippen LogP contribution in [0.1, 0.15) is 20.3 Å². The molecule has 1 amide bonds. The topological polar surface area (TPSA) is 35.6 Å². The van der Waals surface area contributed by atoms with E-state index in [4.69, 9.17) is 0 Å². The second kappa shape index (κ2) is 5.15. The van der Waals surface area contributed by atoms with Crippen LogP contribution in [0.15, 0.2) is 0 Å². The smallest absolute Gasteiger partial charge is 0.227 e. The van der Waals surface area contributed by atoms with Gasteiger partial charge < -0.3 is 10.2 Å². The molecular weight excluding hydrogens is 202 g/mol. The van der Waals surface area contributed by atoms with E-state index in [1.807, 2.05) is 0 Å². The van der Waals surface area contributed by atoms with E-state index in [1.165, 1.54) is 0 Å². The third-order valence-corrected chi connectivity index (χ3v) is 3.77. The number of amides is 1. The zero-order valence-electron chi connectivity index (χ0n) is 10.4. The first-order valence-electron chi connectivity index (χ1n) is 6.42. The Morgan fingerprint density at radius 1 is 1.25 bits per heavy atom. The van der Waals surface area contributed by atoms with E-state index in [9.17, 15) is 4.79 Å². The molecule has 16 heavy (non-hydrogen) atoms. The summed E-state index contributed by atoms with van der Waals surface area (Å²) in [5.74, 6) is 0.610. The van der Waals surface area contributed by atoms with Crippen LogP contribution >= 0.6 is 0 Å². The summed E-state index contributed by atoms with van der Waals surface area (Å²) in [5.41, 5.74) is 0. The van der Waals surface area contributed by atoms with Crippen LogP contribution in [0.5, 0.6) is 0 Å². The van der Waals surface area contributed by atoms with Crippen molar-refractivity contribution >= 4 is 5.91 Å². The average Bonchev–Trinajstić information content (AvgIpc) is 2.81. The molecule has 0 radical (unpaired) electrons. The summed E-state index contributed by atoms with van der Waals surface area (Å²) >= 11 is 0.